The number of ether oxygens (including phenoxy) is 4. The van der Waals surface area contributed by atoms with Crippen molar-refractivity contribution in [2.45, 2.75) is 25.6 Å². The smallest absolute Gasteiger partial charge is 0.338 e. The van der Waals surface area contributed by atoms with Crippen molar-refractivity contribution in [2.75, 3.05) is 27.9 Å². The molecule has 1 N–H and O–H groups in total. The molecule has 2 aromatic rings. The van der Waals surface area contributed by atoms with Crippen LogP contribution < -0.4 is 19.5 Å². The molecule has 2 aromatic carbocycles. The molecule has 1 heterocycles. The molecule has 1 aliphatic rings. The zero-order valence-electron chi connectivity index (χ0n) is 19.5. The number of rotatable bonds is 8. The van der Waals surface area contributed by atoms with E-state index in [1.165, 1.54) is 18.9 Å². The third kappa shape index (κ3) is 5.74. The summed E-state index contributed by atoms with van der Waals surface area (Å²) in [5.41, 5.74) is 2.76. The van der Waals surface area contributed by atoms with Crippen molar-refractivity contribution in [1.29, 1.82) is 0 Å². The van der Waals surface area contributed by atoms with Gasteiger partial charge in [-0.3, -0.25) is 0 Å². The van der Waals surface area contributed by atoms with E-state index in [1.54, 1.807) is 39.3 Å². The van der Waals surface area contributed by atoms with E-state index in [2.05, 4.69) is 5.32 Å². The van der Waals surface area contributed by atoms with Crippen LogP contribution in [0.5, 0.6) is 17.2 Å². The Bertz CT molecular complexity index is 1110. The second kappa shape index (κ2) is 11.7. The molecular weight excluding hydrogens is 499 g/mol. The molecule has 0 aromatic heterocycles. The Morgan fingerprint density at radius 2 is 1.74 bits per heavy atom. The van der Waals surface area contributed by atoms with Crippen molar-refractivity contribution in [3.8, 4) is 17.2 Å². The number of aliphatic imine (C=N–C) groups is 1. The lowest BCUT2D eigenvalue weighted by molar-refractivity contribution is -0.138. The summed E-state index contributed by atoms with van der Waals surface area (Å²) in [5.74, 6) is 1.56. The van der Waals surface area contributed by atoms with Gasteiger partial charge in [-0.15, -0.1) is 0 Å². The van der Waals surface area contributed by atoms with Crippen LogP contribution in [0.15, 0.2) is 46.6 Å². The molecule has 3 rings (SSSR count). The van der Waals surface area contributed by atoms with Crippen LogP contribution in [-0.4, -0.2) is 39.1 Å². The fourth-order valence-corrected chi connectivity index (χ4v) is 4.68. The summed E-state index contributed by atoms with van der Waals surface area (Å²) in [4.78, 5) is 17.7. The van der Waals surface area contributed by atoms with Gasteiger partial charge in [-0.2, -0.15) is 0 Å². The number of nitrogens with zero attached hydrogens (tertiary/aromatic N) is 1. The lowest BCUT2D eigenvalue weighted by Gasteiger charge is -2.26. The number of hydrogen-bond donors (Lipinski definition) is 1. The Labute approximate surface area is 213 Å². The Morgan fingerprint density at radius 1 is 1.06 bits per heavy atom. The first-order valence-corrected chi connectivity index (χ1v) is 12.2. The van der Waals surface area contributed by atoms with Crippen LogP contribution in [0.25, 0.3) is 0 Å². The quantitative estimate of drug-likeness (QED) is 0.437. The van der Waals surface area contributed by atoms with Crippen LogP contribution in [0.4, 0.5) is 0 Å². The minimum Gasteiger partial charge on any atom is -0.493 e. The van der Waals surface area contributed by atoms with E-state index in [1.807, 2.05) is 19.1 Å². The van der Waals surface area contributed by atoms with Gasteiger partial charge in [0.2, 0.25) is 5.75 Å². The molecule has 0 radical (unpaired) electrons. The molecule has 1 atom stereocenters. The number of thioether (sulfide) groups is 1. The number of benzene rings is 2. The summed E-state index contributed by atoms with van der Waals surface area (Å²) >= 11 is 13.7. The maximum absolute atomic E-state index is 12.9. The van der Waals surface area contributed by atoms with Crippen LogP contribution in [0.1, 0.15) is 31.0 Å². The largest absolute Gasteiger partial charge is 0.493 e. The minimum absolute atomic E-state index is 0.250. The van der Waals surface area contributed by atoms with E-state index in [9.17, 15) is 4.79 Å². The molecule has 0 unspecified atom stereocenters. The molecule has 1 aliphatic heterocycles. The number of nitrogens with one attached hydrogen (secondary N) is 1. The molecule has 10 heteroatoms. The van der Waals surface area contributed by atoms with Crippen LogP contribution >= 0.6 is 35.0 Å². The molecule has 0 fully saturated rings. The highest BCUT2D eigenvalue weighted by Gasteiger charge is 2.32. The summed E-state index contributed by atoms with van der Waals surface area (Å²) in [6.45, 7) is 3.84. The van der Waals surface area contributed by atoms with Crippen molar-refractivity contribution < 1.29 is 23.7 Å². The number of carbonyl (C=O) groups excluding carboxylic acids is 1. The molecule has 0 spiro atoms. The summed E-state index contributed by atoms with van der Waals surface area (Å²) in [7, 11) is 4.62. The summed E-state index contributed by atoms with van der Waals surface area (Å²) in [6, 6.07) is 8.44. The Hall–Kier alpha value is -2.55. The van der Waals surface area contributed by atoms with E-state index in [4.69, 9.17) is 47.1 Å². The first-order valence-electron chi connectivity index (χ1n) is 10.4. The fraction of sp³-hybridized carbons (Fsp3) is 0.333. The number of carbonyl (C=O) groups is 1. The van der Waals surface area contributed by atoms with Crippen molar-refractivity contribution in [1.82, 2.24) is 5.32 Å². The van der Waals surface area contributed by atoms with Gasteiger partial charge in [0.05, 0.1) is 43.6 Å². The number of amidine groups is 1. The zero-order valence-corrected chi connectivity index (χ0v) is 21.9. The maximum Gasteiger partial charge on any atom is 0.338 e. The SMILES string of the molecule is CCOC(=O)C1=C(C)NC(SCc2ccc(Cl)c(Cl)c2)=N[C@@H]1c1cc(OC)c(OC)c(OC)c1. The van der Waals surface area contributed by atoms with E-state index in [0.717, 1.165) is 5.56 Å². The van der Waals surface area contributed by atoms with Crippen LogP contribution in [0.2, 0.25) is 10.0 Å². The van der Waals surface area contributed by atoms with Gasteiger partial charge in [0.25, 0.3) is 0 Å². The molecule has 34 heavy (non-hydrogen) atoms. The second-order valence-electron chi connectivity index (χ2n) is 7.22. The maximum atomic E-state index is 12.9. The lowest BCUT2D eigenvalue weighted by Crippen LogP contribution is -2.30. The molecule has 7 nitrogen and oxygen atoms in total. The molecule has 0 bridgehead atoms. The van der Waals surface area contributed by atoms with E-state index in [0.29, 0.717) is 55.0 Å². The number of esters is 1. The highest BCUT2D eigenvalue weighted by molar-refractivity contribution is 8.13. The van der Waals surface area contributed by atoms with E-state index < -0.39 is 12.0 Å². The van der Waals surface area contributed by atoms with Gasteiger partial charge in [0, 0.05) is 11.4 Å². The van der Waals surface area contributed by atoms with Crippen molar-refractivity contribution in [2.24, 2.45) is 4.99 Å². The predicted molar refractivity (Wildman–Crippen MR) is 136 cm³/mol. The summed E-state index contributed by atoms with van der Waals surface area (Å²) in [6.07, 6.45) is 0. The summed E-state index contributed by atoms with van der Waals surface area (Å²) in [5, 5.41) is 4.87. The van der Waals surface area contributed by atoms with Gasteiger partial charge in [-0.1, -0.05) is 41.0 Å². The zero-order chi connectivity index (χ0) is 24.8. The predicted octanol–water partition coefficient (Wildman–Crippen LogP) is 5.79. The van der Waals surface area contributed by atoms with Crippen LogP contribution in [0.3, 0.4) is 0 Å². The molecule has 0 aliphatic carbocycles. The topological polar surface area (TPSA) is 78.4 Å². The van der Waals surface area contributed by atoms with E-state index in [-0.39, 0.29) is 6.61 Å². The first kappa shape index (κ1) is 26.1. The number of halogens is 2. The average Bonchev–Trinajstić information content (AvgIpc) is 2.83. The normalized spacial score (nSPS) is 15.4. The molecular formula is C24H26Cl2N2O5S. The Kier molecular flexibility index (Phi) is 8.99. The van der Waals surface area contributed by atoms with Gasteiger partial charge < -0.3 is 24.3 Å². The molecule has 0 amide bonds. The molecule has 0 saturated carbocycles. The van der Waals surface area contributed by atoms with Gasteiger partial charge in [-0.05, 0) is 49.2 Å². The van der Waals surface area contributed by atoms with Gasteiger partial charge in [-0.25, -0.2) is 9.79 Å². The fourth-order valence-electron chi connectivity index (χ4n) is 3.48. The van der Waals surface area contributed by atoms with Crippen LogP contribution in [0, 0.1) is 0 Å². The minimum atomic E-state index is -0.634. The first-order chi connectivity index (χ1) is 16.3. The third-order valence-electron chi connectivity index (χ3n) is 5.08. The highest BCUT2D eigenvalue weighted by atomic mass is 35.5. The number of allylic oxidation sites excluding steroid dienone is 1. The number of hydrogen-bond acceptors (Lipinski definition) is 8. The van der Waals surface area contributed by atoms with Crippen LogP contribution in [-0.2, 0) is 15.3 Å². The second-order valence-corrected chi connectivity index (χ2v) is 9.00. The lowest BCUT2D eigenvalue weighted by atomic mass is 9.96. The Morgan fingerprint density at radius 3 is 2.29 bits per heavy atom. The van der Waals surface area contributed by atoms with Gasteiger partial charge >= 0.3 is 5.97 Å². The highest BCUT2D eigenvalue weighted by Crippen LogP contribution is 2.43. The Balaban J connectivity index is 2.01. The average molecular weight is 525 g/mol. The summed E-state index contributed by atoms with van der Waals surface area (Å²) < 4.78 is 21.8. The van der Waals surface area contributed by atoms with Crippen molar-refractivity contribution in [3.05, 3.63) is 62.8 Å². The van der Waals surface area contributed by atoms with E-state index >= 15 is 0 Å². The number of methoxy groups -OCH3 is 3. The van der Waals surface area contributed by atoms with Gasteiger partial charge in [0.15, 0.2) is 16.7 Å². The van der Waals surface area contributed by atoms with Crippen molar-refractivity contribution in [3.63, 3.8) is 0 Å². The monoisotopic (exact) mass is 524 g/mol. The molecule has 0 saturated heterocycles. The molecule has 182 valence electrons. The van der Waals surface area contributed by atoms with Gasteiger partial charge in [0.1, 0.15) is 6.04 Å². The standard InChI is InChI=1S/C24H26Cl2N2O5S/c1-6-33-23(29)20-13(2)27-24(34-12-14-7-8-16(25)17(26)9-14)28-21(20)15-10-18(30-3)22(32-5)19(11-15)31-4/h7-11,21H,6,12H2,1-5H3,(H,27,28)/t21-/m1/s1. The third-order valence-corrected chi connectivity index (χ3v) is 6.77. The van der Waals surface area contributed by atoms with Crippen molar-refractivity contribution >= 4 is 46.1 Å².